The Bertz CT molecular complexity index is 968. The quantitative estimate of drug-likeness (QED) is 0.240. The van der Waals surface area contributed by atoms with E-state index in [1.165, 1.54) is 11.1 Å². The lowest BCUT2D eigenvalue weighted by Crippen LogP contribution is -2.36. The van der Waals surface area contributed by atoms with E-state index in [1.54, 1.807) is 13.3 Å². The van der Waals surface area contributed by atoms with E-state index in [0.717, 1.165) is 16.8 Å². The summed E-state index contributed by atoms with van der Waals surface area (Å²) in [6.45, 7) is 7.95. The maximum Gasteiger partial charge on any atom is 0.226 e. The molecule has 0 fully saturated rings. The molecule has 166 valence electrons. The number of hydrogen-bond acceptors (Lipinski definition) is 4. The van der Waals surface area contributed by atoms with Crippen LogP contribution in [-0.2, 0) is 24.4 Å². The zero-order valence-electron chi connectivity index (χ0n) is 18.5. The molecule has 3 rings (SSSR count). The number of aliphatic imine (C=N–C) groups is 1. The van der Waals surface area contributed by atoms with Crippen LogP contribution in [0, 0.1) is 6.92 Å². The topological polar surface area (TPSA) is 71.7 Å². The highest BCUT2D eigenvalue weighted by Gasteiger charge is 2.07. The predicted molar refractivity (Wildman–Crippen MR) is 135 cm³/mol. The molecule has 1 aromatic heterocycles. The van der Waals surface area contributed by atoms with Gasteiger partial charge in [-0.05, 0) is 44.0 Å². The van der Waals surface area contributed by atoms with Crippen LogP contribution >= 0.6 is 24.0 Å². The van der Waals surface area contributed by atoms with Gasteiger partial charge < -0.3 is 19.8 Å². The van der Waals surface area contributed by atoms with Crippen LogP contribution < -0.4 is 10.6 Å². The summed E-state index contributed by atoms with van der Waals surface area (Å²) in [5.74, 6) is 1.33. The Morgan fingerprint density at radius 2 is 1.77 bits per heavy atom. The fourth-order valence-corrected chi connectivity index (χ4v) is 2.89. The first-order valence-electron chi connectivity index (χ1n) is 10.2. The van der Waals surface area contributed by atoms with Gasteiger partial charge in [-0.15, -0.1) is 24.0 Å². The van der Waals surface area contributed by atoms with Crippen LogP contribution in [0.15, 0.2) is 64.2 Å². The Morgan fingerprint density at radius 3 is 2.48 bits per heavy atom. The summed E-state index contributed by atoms with van der Waals surface area (Å²) < 4.78 is 11.3. The number of nitrogens with one attached hydrogen (secondary N) is 2. The second-order valence-electron chi connectivity index (χ2n) is 7.47. The first kappa shape index (κ1) is 24.9. The monoisotopic (exact) mass is 534 g/mol. The van der Waals surface area contributed by atoms with Crippen molar-refractivity contribution in [3.63, 3.8) is 0 Å². The lowest BCUT2D eigenvalue weighted by atomic mass is 10.1. The fourth-order valence-electron chi connectivity index (χ4n) is 2.89. The number of guanidine groups is 1. The molecule has 3 aromatic rings. The minimum Gasteiger partial charge on any atom is -0.444 e. The van der Waals surface area contributed by atoms with Gasteiger partial charge in [0.25, 0.3) is 0 Å². The van der Waals surface area contributed by atoms with Crippen molar-refractivity contribution in [2.24, 2.45) is 4.99 Å². The number of aryl methyl sites for hydroxylation is 1. The van der Waals surface area contributed by atoms with E-state index in [0.29, 0.717) is 31.5 Å². The Labute approximate surface area is 201 Å². The lowest BCUT2D eigenvalue weighted by molar-refractivity contribution is 0.0657. The largest absolute Gasteiger partial charge is 0.444 e. The van der Waals surface area contributed by atoms with Crippen LogP contribution in [0.2, 0.25) is 0 Å². The van der Waals surface area contributed by atoms with Crippen molar-refractivity contribution in [3.8, 4) is 11.5 Å². The molecule has 2 N–H and O–H groups in total. The van der Waals surface area contributed by atoms with Gasteiger partial charge in [0, 0.05) is 19.2 Å². The normalized spacial score (nSPS) is 11.3. The average molecular weight is 534 g/mol. The van der Waals surface area contributed by atoms with Gasteiger partial charge in [-0.25, -0.2) is 4.98 Å². The van der Waals surface area contributed by atoms with Crippen LogP contribution in [-0.4, -0.2) is 24.1 Å². The highest BCUT2D eigenvalue weighted by atomic mass is 127. The van der Waals surface area contributed by atoms with Crippen LogP contribution in [0.1, 0.15) is 36.2 Å². The molecule has 31 heavy (non-hydrogen) atoms. The third-order valence-electron chi connectivity index (χ3n) is 4.55. The van der Waals surface area contributed by atoms with Gasteiger partial charge in [0.15, 0.2) is 5.96 Å². The number of halogens is 1. The van der Waals surface area contributed by atoms with Crippen LogP contribution in [0.5, 0.6) is 0 Å². The molecular weight excluding hydrogens is 503 g/mol. The minimum absolute atomic E-state index is 0. The number of nitrogens with zero attached hydrogens (tertiary/aromatic N) is 2. The van der Waals surface area contributed by atoms with Crippen molar-refractivity contribution in [1.82, 2.24) is 15.6 Å². The smallest absolute Gasteiger partial charge is 0.226 e. The number of benzene rings is 2. The number of rotatable bonds is 8. The zero-order valence-corrected chi connectivity index (χ0v) is 20.8. The average Bonchev–Trinajstić information content (AvgIpc) is 3.22. The molecule has 0 unspecified atom stereocenters. The SMILES string of the molecule is CN=C(NCc1cccc(COC(C)C)c1)NCc1coc(-c2ccc(C)cc2)n1.I. The van der Waals surface area contributed by atoms with Gasteiger partial charge in [0.1, 0.15) is 6.26 Å². The Morgan fingerprint density at radius 1 is 1.06 bits per heavy atom. The van der Waals surface area contributed by atoms with Gasteiger partial charge in [-0.3, -0.25) is 4.99 Å². The number of oxazole rings is 1. The van der Waals surface area contributed by atoms with Gasteiger partial charge in [-0.2, -0.15) is 0 Å². The van der Waals surface area contributed by atoms with Crippen LogP contribution in [0.3, 0.4) is 0 Å². The summed E-state index contributed by atoms with van der Waals surface area (Å²) in [5, 5.41) is 6.61. The molecule has 0 aliphatic rings. The highest BCUT2D eigenvalue weighted by Crippen LogP contribution is 2.19. The van der Waals surface area contributed by atoms with Crippen molar-refractivity contribution in [1.29, 1.82) is 0 Å². The first-order valence-corrected chi connectivity index (χ1v) is 10.2. The summed E-state index contributed by atoms with van der Waals surface area (Å²) in [4.78, 5) is 8.84. The van der Waals surface area contributed by atoms with E-state index < -0.39 is 0 Å². The molecule has 7 heteroatoms. The van der Waals surface area contributed by atoms with Crippen molar-refractivity contribution < 1.29 is 9.15 Å². The maximum absolute atomic E-state index is 5.68. The maximum atomic E-state index is 5.68. The molecule has 0 amide bonds. The Kier molecular flexibility index (Phi) is 10.00. The molecule has 2 aromatic carbocycles. The zero-order chi connectivity index (χ0) is 21.3. The molecule has 0 radical (unpaired) electrons. The summed E-state index contributed by atoms with van der Waals surface area (Å²) in [5.41, 5.74) is 5.33. The molecule has 0 spiro atoms. The van der Waals surface area contributed by atoms with Crippen molar-refractivity contribution in [2.45, 2.75) is 46.6 Å². The Hall–Kier alpha value is -2.39. The van der Waals surface area contributed by atoms with Gasteiger partial charge in [0.05, 0.1) is 24.9 Å². The van der Waals surface area contributed by atoms with Gasteiger partial charge in [-0.1, -0.05) is 42.0 Å². The predicted octanol–water partition coefficient (Wildman–Crippen LogP) is 5.06. The molecule has 0 aliphatic heterocycles. The van der Waals surface area contributed by atoms with E-state index in [2.05, 4.69) is 45.7 Å². The summed E-state index contributed by atoms with van der Waals surface area (Å²) >= 11 is 0. The molecular formula is C24H31IN4O2. The standard InChI is InChI=1S/C24H30N4O2.HI/c1-17(2)29-15-20-7-5-6-19(12-20)13-26-24(25-4)27-14-22-16-30-23(28-22)21-10-8-18(3)9-11-21;/h5-12,16-17H,13-15H2,1-4H3,(H2,25,26,27);1H. The molecule has 6 nitrogen and oxygen atoms in total. The van der Waals surface area contributed by atoms with Gasteiger partial charge in [0.2, 0.25) is 5.89 Å². The second-order valence-corrected chi connectivity index (χ2v) is 7.47. The van der Waals surface area contributed by atoms with Crippen molar-refractivity contribution in [3.05, 3.63) is 77.2 Å². The summed E-state index contributed by atoms with van der Waals surface area (Å²) in [6, 6.07) is 16.5. The molecule has 0 aliphatic carbocycles. The Balaban J connectivity index is 0.00000341. The number of ether oxygens (including phenoxy) is 1. The minimum atomic E-state index is 0. The van der Waals surface area contributed by atoms with Crippen LogP contribution in [0.25, 0.3) is 11.5 Å². The molecule has 0 saturated carbocycles. The van der Waals surface area contributed by atoms with E-state index in [4.69, 9.17) is 9.15 Å². The molecule has 0 saturated heterocycles. The number of aromatic nitrogens is 1. The number of hydrogen-bond donors (Lipinski definition) is 2. The van der Waals surface area contributed by atoms with E-state index in [9.17, 15) is 0 Å². The van der Waals surface area contributed by atoms with Crippen molar-refractivity contribution >= 4 is 29.9 Å². The van der Waals surface area contributed by atoms with Crippen molar-refractivity contribution in [2.75, 3.05) is 7.05 Å². The lowest BCUT2D eigenvalue weighted by Gasteiger charge is -2.12. The third kappa shape index (κ3) is 7.99. The molecule has 1 heterocycles. The summed E-state index contributed by atoms with van der Waals surface area (Å²) in [7, 11) is 1.75. The second kappa shape index (κ2) is 12.5. The van der Waals surface area contributed by atoms with E-state index >= 15 is 0 Å². The van der Waals surface area contributed by atoms with E-state index in [1.807, 2.05) is 44.2 Å². The fraction of sp³-hybridized carbons (Fsp3) is 0.333. The van der Waals surface area contributed by atoms with E-state index in [-0.39, 0.29) is 30.1 Å². The molecule has 0 atom stereocenters. The highest BCUT2D eigenvalue weighted by molar-refractivity contribution is 14.0. The van der Waals surface area contributed by atoms with Crippen LogP contribution in [0.4, 0.5) is 0 Å². The van der Waals surface area contributed by atoms with Gasteiger partial charge >= 0.3 is 0 Å². The molecule has 0 bridgehead atoms. The third-order valence-corrected chi connectivity index (χ3v) is 4.55. The first-order chi connectivity index (χ1) is 14.5. The summed E-state index contributed by atoms with van der Waals surface area (Å²) in [6.07, 6.45) is 1.89.